The second-order valence-electron chi connectivity index (χ2n) is 3.91. The molecule has 4 nitrogen and oxygen atoms in total. The Kier molecular flexibility index (Phi) is 4.52. The van der Waals surface area contributed by atoms with E-state index in [4.69, 9.17) is 9.84 Å². The van der Waals surface area contributed by atoms with Gasteiger partial charge in [0.2, 0.25) is 0 Å². The Labute approximate surface area is 119 Å². The highest BCUT2D eigenvalue weighted by Crippen LogP contribution is 2.22. The first kappa shape index (κ1) is 13.5. The lowest BCUT2D eigenvalue weighted by Gasteiger charge is -2.07. The molecule has 1 aromatic carbocycles. The lowest BCUT2D eigenvalue weighted by atomic mass is 10.2. The Bertz CT molecular complexity index is 572. The lowest BCUT2D eigenvalue weighted by Crippen LogP contribution is -2.03. The quantitative estimate of drug-likeness (QED) is 0.918. The number of ether oxygens (including phenoxy) is 1. The molecule has 1 N–H and O–H groups in total. The molecule has 0 spiro atoms. The second-order valence-corrected chi connectivity index (χ2v) is 4.76. The van der Waals surface area contributed by atoms with Gasteiger partial charge in [0.15, 0.2) is 0 Å². The number of pyridine rings is 1. The van der Waals surface area contributed by atoms with Crippen molar-refractivity contribution < 1.29 is 14.6 Å². The van der Waals surface area contributed by atoms with Crippen LogP contribution < -0.4 is 4.74 Å². The summed E-state index contributed by atoms with van der Waals surface area (Å²) in [6.07, 6.45) is 4.23. The molecule has 0 aliphatic heterocycles. The standard InChI is InChI=1S/C14H12BrNO3/c15-13-4-3-11(8-12(13)14(17)18)19-7-5-10-2-1-6-16-9-10/h1-4,6,8-9H,5,7H2,(H,17,18). The summed E-state index contributed by atoms with van der Waals surface area (Å²) in [6.45, 7) is 0.479. The predicted molar refractivity (Wildman–Crippen MR) is 74.5 cm³/mol. The number of hydrogen-bond acceptors (Lipinski definition) is 3. The third-order valence-corrected chi connectivity index (χ3v) is 3.24. The van der Waals surface area contributed by atoms with Crippen molar-refractivity contribution in [2.45, 2.75) is 6.42 Å². The summed E-state index contributed by atoms with van der Waals surface area (Å²) in [5.41, 5.74) is 1.27. The van der Waals surface area contributed by atoms with Crippen LogP contribution in [0.2, 0.25) is 0 Å². The minimum Gasteiger partial charge on any atom is -0.493 e. The monoisotopic (exact) mass is 321 g/mol. The Morgan fingerprint density at radius 3 is 2.89 bits per heavy atom. The number of rotatable bonds is 5. The van der Waals surface area contributed by atoms with Crippen molar-refractivity contribution in [3.8, 4) is 5.75 Å². The fraction of sp³-hybridized carbons (Fsp3) is 0.143. The van der Waals surface area contributed by atoms with Crippen molar-refractivity contribution in [3.05, 3.63) is 58.3 Å². The molecule has 0 saturated carbocycles. The number of carbonyl (C=O) groups is 1. The van der Waals surface area contributed by atoms with E-state index in [1.807, 2.05) is 12.1 Å². The second kappa shape index (κ2) is 6.33. The Hall–Kier alpha value is -1.88. The maximum atomic E-state index is 11.0. The van der Waals surface area contributed by atoms with E-state index in [2.05, 4.69) is 20.9 Å². The first-order valence-electron chi connectivity index (χ1n) is 5.71. The zero-order chi connectivity index (χ0) is 13.7. The highest BCUT2D eigenvalue weighted by molar-refractivity contribution is 9.10. The largest absolute Gasteiger partial charge is 0.493 e. The summed E-state index contributed by atoms with van der Waals surface area (Å²) in [5.74, 6) is -0.436. The third-order valence-electron chi connectivity index (χ3n) is 2.55. The maximum Gasteiger partial charge on any atom is 0.336 e. The molecule has 98 valence electrons. The van der Waals surface area contributed by atoms with Crippen molar-refractivity contribution in [1.82, 2.24) is 4.98 Å². The number of benzene rings is 1. The minimum atomic E-state index is -0.982. The predicted octanol–water partition coefficient (Wildman–Crippen LogP) is 3.16. The number of carboxylic acid groups (broad SMARTS) is 1. The molecule has 0 unspecified atom stereocenters. The van der Waals surface area contributed by atoms with Gasteiger partial charge in [0.1, 0.15) is 5.75 Å². The van der Waals surface area contributed by atoms with Crippen LogP contribution in [-0.4, -0.2) is 22.7 Å². The van der Waals surface area contributed by atoms with Gasteiger partial charge in [-0.25, -0.2) is 4.79 Å². The lowest BCUT2D eigenvalue weighted by molar-refractivity contribution is 0.0695. The Morgan fingerprint density at radius 1 is 1.37 bits per heavy atom. The van der Waals surface area contributed by atoms with E-state index in [1.165, 1.54) is 6.07 Å². The molecule has 0 atom stereocenters. The van der Waals surface area contributed by atoms with Gasteiger partial charge in [0, 0.05) is 23.3 Å². The van der Waals surface area contributed by atoms with Gasteiger partial charge in [-0.3, -0.25) is 4.98 Å². The van der Waals surface area contributed by atoms with Crippen LogP contribution in [0.5, 0.6) is 5.75 Å². The van der Waals surface area contributed by atoms with Gasteiger partial charge < -0.3 is 9.84 Å². The van der Waals surface area contributed by atoms with Gasteiger partial charge in [0.05, 0.1) is 12.2 Å². The first-order valence-corrected chi connectivity index (χ1v) is 6.50. The highest BCUT2D eigenvalue weighted by atomic mass is 79.9. The van der Waals surface area contributed by atoms with Crippen LogP contribution in [-0.2, 0) is 6.42 Å². The van der Waals surface area contributed by atoms with Crippen LogP contribution >= 0.6 is 15.9 Å². The number of carboxylic acids is 1. The SMILES string of the molecule is O=C(O)c1cc(OCCc2cccnc2)ccc1Br. The van der Waals surface area contributed by atoms with Gasteiger partial charge in [0.25, 0.3) is 0 Å². The summed E-state index contributed by atoms with van der Waals surface area (Å²) in [4.78, 5) is 15.0. The Balaban J connectivity index is 1.97. The number of nitrogens with zero attached hydrogens (tertiary/aromatic N) is 1. The normalized spacial score (nSPS) is 10.2. The zero-order valence-corrected chi connectivity index (χ0v) is 11.6. The van der Waals surface area contributed by atoms with Crippen molar-refractivity contribution in [2.75, 3.05) is 6.61 Å². The fourth-order valence-corrected chi connectivity index (χ4v) is 2.01. The van der Waals surface area contributed by atoms with Crippen molar-refractivity contribution >= 4 is 21.9 Å². The molecule has 0 bridgehead atoms. The summed E-state index contributed by atoms with van der Waals surface area (Å²) in [6, 6.07) is 8.76. The number of aromatic carboxylic acids is 1. The molecular formula is C14H12BrNO3. The highest BCUT2D eigenvalue weighted by Gasteiger charge is 2.09. The molecule has 1 heterocycles. The van der Waals surface area contributed by atoms with Crippen LogP contribution in [0.4, 0.5) is 0 Å². The fourth-order valence-electron chi connectivity index (χ4n) is 1.59. The van der Waals surface area contributed by atoms with Crippen LogP contribution in [0.3, 0.4) is 0 Å². The van der Waals surface area contributed by atoms with E-state index >= 15 is 0 Å². The van der Waals surface area contributed by atoms with Gasteiger partial charge in [-0.2, -0.15) is 0 Å². The van der Waals surface area contributed by atoms with Crippen LogP contribution in [0.15, 0.2) is 47.2 Å². The minimum absolute atomic E-state index is 0.193. The van der Waals surface area contributed by atoms with E-state index in [-0.39, 0.29) is 5.56 Å². The summed E-state index contributed by atoms with van der Waals surface area (Å²) < 4.78 is 6.09. The smallest absolute Gasteiger partial charge is 0.336 e. The molecule has 0 fully saturated rings. The Morgan fingerprint density at radius 2 is 2.21 bits per heavy atom. The number of hydrogen-bond donors (Lipinski definition) is 1. The topological polar surface area (TPSA) is 59.4 Å². The summed E-state index contributed by atoms with van der Waals surface area (Å²) in [7, 11) is 0. The van der Waals surface area contributed by atoms with E-state index in [0.717, 1.165) is 12.0 Å². The third kappa shape index (κ3) is 3.79. The molecule has 2 rings (SSSR count). The molecule has 19 heavy (non-hydrogen) atoms. The first-order chi connectivity index (χ1) is 9.16. The molecule has 0 saturated heterocycles. The number of halogens is 1. The van der Waals surface area contributed by atoms with E-state index in [1.54, 1.807) is 24.5 Å². The van der Waals surface area contributed by atoms with Crippen molar-refractivity contribution in [3.63, 3.8) is 0 Å². The van der Waals surface area contributed by atoms with Gasteiger partial charge in [-0.15, -0.1) is 0 Å². The van der Waals surface area contributed by atoms with Crippen LogP contribution in [0.25, 0.3) is 0 Å². The average molecular weight is 322 g/mol. The van der Waals surface area contributed by atoms with Crippen molar-refractivity contribution in [1.29, 1.82) is 0 Å². The average Bonchev–Trinajstić information content (AvgIpc) is 2.41. The van der Waals surface area contributed by atoms with E-state index in [9.17, 15) is 4.79 Å². The van der Waals surface area contributed by atoms with E-state index in [0.29, 0.717) is 16.8 Å². The van der Waals surface area contributed by atoms with Crippen LogP contribution in [0.1, 0.15) is 15.9 Å². The molecule has 2 aromatic rings. The van der Waals surface area contributed by atoms with Gasteiger partial charge in [-0.05, 0) is 45.8 Å². The van der Waals surface area contributed by atoms with Gasteiger partial charge in [-0.1, -0.05) is 6.07 Å². The summed E-state index contributed by atoms with van der Waals surface area (Å²) in [5, 5.41) is 9.00. The molecular weight excluding hydrogens is 310 g/mol. The molecule has 1 aromatic heterocycles. The summed E-state index contributed by atoms with van der Waals surface area (Å²) >= 11 is 3.19. The van der Waals surface area contributed by atoms with E-state index < -0.39 is 5.97 Å². The molecule has 0 radical (unpaired) electrons. The maximum absolute atomic E-state index is 11.0. The van der Waals surface area contributed by atoms with Gasteiger partial charge >= 0.3 is 5.97 Å². The zero-order valence-electron chi connectivity index (χ0n) is 10.0. The number of aromatic nitrogens is 1. The molecule has 0 aliphatic rings. The van der Waals surface area contributed by atoms with Crippen LogP contribution in [0, 0.1) is 0 Å². The molecule has 0 aliphatic carbocycles. The molecule has 0 amide bonds. The molecule has 5 heteroatoms. The van der Waals surface area contributed by atoms with Crippen molar-refractivity contribution in [2.24, 2.45) is 0 Å².